The van der Waals surface area contributed by atoms with Gasteiger partial charge in [-0.15, -0.1) is 11.1 Å². The molecule has 0 spiro atoms. The molecule has 3 rings (SSSR count). The number of H-pyrrole nitrogens is 1. The Kier molecular flexibility index (Phi) is 5.37. The van der Waals surface area contributed by atoms with Crippen LogP contribution < -0.4 is 16.0 Å². The molecule has 1 N–H and O–H groups in total. The van der Waals surface area contributed by atoms with Crippen molar-refractivity contribution in [3.8, 4) is 18.1 Å². The molecule has 3 aromatic rings. The van der Waals surface area contributed by atoms with E-state index in [2.05, 4.69) is 31.9 Å². The average molecular weight is 443 g/mol. The maximum atomic E-state index is 12.5. The summed E-state index contributed by atoms with van der Waals surface area (Å²) in [4.78, 5) is 37.9. The van der Waals surface area contributed by atoms with Crippen LogP contribution in [0.2, 0.25) is 0 Å². The van der Waals surface area contributed by atoms with E-state index in [1.165, 1.54) is 12.1 Å². The normalized spacial score (nSPS) is 10.9. The molecule has 28 heavy (non-hydrogen) atoms. The summed E-state index contributed by atoms with van der Waals surface area (Å²) in [7, 11) is 0. The molecule has 0 aliphatic rings. The number of aromatic amines is 1. The number of terminal acetylenes is 1. The molecule has 0 fully saturated rings. The second-order valence-electron chi connectivity index (χ2n) is 5.43. The van der Waals surface area contributed by atoms with Crippen LogP contribution in [-0.4, -0.2) is 27.4 Å². The number of rotatable bonds is 5. The Hall–Kier alpha value is -3.71. The summed E-state index contributed by atoms with van der Waals surface area (Å²) >= 11 is 3.17. The van der Waals surface area contributed by atoms with E-state index in [1.54, 1.807) is 24.3 Å². The predicted octanol–water partition coefficient (Wildman–Crippen LogP) is 2.25. The van der Waals surface area contributed by atoms with Crippen molar-refractivity contribution in [2.75, 3.05) is 6.61 Å². The minimum absolute atomic E-state index is 0.125. The molecule has 0 unspecified atom stereocenters. The lowest BCUT2D eigenvalue weighted by atomic mass is 10.2. The van der Waals surface area contributed by atoms with Gasteiger partial charge in [-0.1, -0.05) is 34.0 Å². The molecule has 0 atom stereocenters. The van der Waals surface area contributed by atoms with Crippen molar-refractivity contribution in [1.29, 1.82) is 0 Å². The number of hydrogen-bond acceptors (Lipinski definition) is 6. The Bertz CT molecular complexity index is 1270. The van der Waals surface area contributed by atoms with E-state index in [0.29, 0.717) is 14.7 Å². The van der Waals surface area contributed by atoms with Gasteiger partial charge in [-0.2, -0.15) is 5.10 Å². The van der Waals surface area contributed by atoms with Crippen LogP contribution in [0.1, 0.15) is 5.56 Å². The van der Waals surface area contributed by atoms with Crippen LogP contribution in [0.5, 0.6) is 5.75 Å². The Morgan fingerprint density at radius 2 is 2.11 bits per heavy atom. The van der Waals surface area contributed by atoms with Gasteiger partial charge in [-0.25, -0.2) is 4.79 Å². The summed E-state index contributed by atoms with van der Waals surface area (Å²) in [6, 6.07) is 9.21. The molecule has 1 heterocycles. The van der Waals surface area contributed by atoms with Crippen molar-refractivity contribution in [2.45, 2.75) is 0 Å². The van der Waals surface area contributed by atoms with E-state index >= 15 is 0 Å². The largest absolute Gasteiger partial charge is 0.473 e. The second kappa shape index (κ2) is 7.89. The molecule has 9 nitrogen and oxygen atoms in total. The summed E-state index contributed by atoms with van der Waals surface area (Å²) in [5, 5.41) is 15.5. The SMILES string of the molecule is C#CCOc1c(C=Nn2c(=O)[nH]c3ccccc3c2=O)cc(Br)cc1[N+](=O)[O-]. The number of benzene rings is 2. The summed E-state index contributed by atoms with van der Waals surface area (Å²) in [6.07, 6.45) is 6.28. The number of nitrogens with zero attached hydrogens (tertiary/aromatic N) is 3. The first-order chi connectivity index (χ1) is 13.4. The van der Waals surface area contributed by atoms with E-state index in [1.807, 2.05) is 0 Å². The first kappa shape index (κ1) is 19.1. The van der Waals surface area contributed by atoms with Crippen LogP contribution in [0.15, 0.2) is 55.6 Å². The molecule has 0 bridgehead atoms. The monoisotopic (exact) mass is 442 g/mol. The number of nitro benzene ring substituents is 1. The zero-order chi connectivity index (χ0) is 20.3. The zero-order valence-corrected chi connectivity index (χ0v) is 15.7. The third-order valence-corrected chi connectivity index (χ3v) is 4.11. The van der Waals surface area contributed by atoms with Gasteiger partial charge in [0, 0.05) is 16.1 Å². The van der Waals surface area contributed by atoms with Gasteiger partial charge in [0.25, 0.3) is 5.56 Å². The van der Waals surface area contributed by atoms with Crippen molar-refractivity contribution >= 4 is 38.7 Å². The van der Waals surface area contributed by atoms with E-state index < -0.39 is 16.2 Å². The van der Waals surface area contributed by atoms with Crippen molar-refractivity contribution in [2.24, 2.45) is 5.10 Å². The van der Waals surface area contributed by atoms with Gasteiger partial charge in [0.05, 0.1) is 22.0 Å². The van der Waals surface area contributed by atoms with Gasteiger partial charge in [0.15, 0.2) is 0 Å². The summed E-state index contributed by atoms with van der Waals surface area (Å²) in [6.45, 7) is -0.209. The zero-order valence-electron chi connectivity index (χ0n) is 14.1. The smallest absolute Gasteiger partial charge is 0.349 e. The first-order valence-electron chi connectivity index (χ1n) is 7.75. The molecule has 0 saturated heterocycles. The molecular formula is C18H11BrN4O5. The fraction of sp³-hybridized carbons (Fsp3) is 0.0556. The predicted molar refractivity (Wildman–Crippen MR) is 107 cm³/mol. The Morgan fingerprint density at radius 3 is 2.82 bits per heavy atom. The van der Waals surface area contributed by atoms with Gasteiger partial charge in [-0.3, -0.25) is 14.9 Å². The fourth-order valence-corrected chi connectivity index (χ4v) is 2.94. The highest BCUT2D eigenvalue weighted by atomic mass is 79.9. The van der Waals surface area contributed by atoms with Crippen LogP contribution in [-0.2, 0) is 0 Å². The van der Waals surface area contributed by atoms with Gasteiger partial charge in [-0.05, 0) is 18.2 Å². The van der Waals surface area contributed by atoms with Crippen LogP contribution in [0, 0.1) is 22.5 Å². The van der Waals surface area contributed by atoms with Crippen molar-refractivity contribution in [1.82, 2.24) is 9.66 Å². The number of aromatic nitrogens is 2. The van der Waals surface area contributed by atoms with Gasteiger partial charge in [0.2, 0.25) is 5.75 Å². The maximum absolute atomic E-state index is 12.5. The van der Waals surface area contributed by atoms with Crippen molar-refractivity contribution in [3.05, 3.63) is 77.4 Å². The van der Waals surface area contributed by atoms with Crippen molar-refractivity contribution in [3.63, 3.8) is 0 Å². The van der Waals surface area contributed by atoms with Crippen LogP contribution in [0.25, 0.3) is 10.9 Å². The highest BCUT2D eigenvalue weighted by Crippen LogP contribution is 2.33. The standard InChI is InChI=1S/C18H11BrN4O5/c1-2-7-28-16-11(8-12(19)9-15(16)23(26)27)10-20-22-17(24)13-5-3-4-6-14(13)21-18(22)25/h1,3-6,8-10H,7H2,(H,21,25). The topological polar surface area (TPSA) is 120 Å². The lowest BCUT2D eigenvalue weighted by Crippen LogP contribution is -2.32. The second-order valence-corrected chi connectivity index (χ2v) is 6.35. The number of halogens is 1. The average Bonchev–Trinajstić information content (AvgIpc) is 2.66. The quantitative estimate of drug-likeness (QED) is 0.281. The number of ether oxygens (including phenoxy) is 1. The Labute approximate surface area is 165 Å². The maximum Gasteiger partial charge on any atom is 0.349 e. The summed E-state index contributed by atoms with van der Waals surface area (Å²) < 4.78 is 6.30. The molecule has 0 amide bonds. The molecule has 0 radical (unpaired) electrons. The van der Waals surface area contributed by atoms with Gasteiger partial charge >= 0.3 is 11.4 Å². The molecule has 140 valence electrons. The molecular weight excluding hydrogens is 432 g/mol. The van der Waals surface area contributed by atoms with Crippen LogP contribution in [0.4, 0.5) is 5.69 Å². The van der Waals surface area contributed by atoms with E-state index in [-0.39, 0.29) is 29.0 Å². The number of para-hydroxylation sites is 1. The third kappa shape index (κ3) is 3.70. The first-order valence-corrected chi connectivity index (χ1v) is 8.54. The minimum atomic E-state index is -0.754. The minimum Gasteiger partial charge on any atom is -0.473 e. The van der Waals surface area contributed by atoms with Crippen LogP contribution in [0.3, 0.4) is 0 Å². The highest BCUT2D eigenvalue weighted by Gasteiger charge is 2.20. The molecule has 0 aliphatic carbocycles. The summed E-state index contributed by atoms with van der Waals surface area (Å²) in [5.74, 6) is 2.10. The molecule has 2 aromatic carbocycles. The number of nitrogens with one attached hydrogen (secondary N) is 1. The summed E-state index contributed by atoms with van der Waals surface area (Å²) in [5.41, 5.74) is -1.19. The van der Waals surface area contributed by atoms with E-state index in [0.717, 1.165) is 6.21 Å². The Balaban J connectivity index is 2.16. The lowest BCUT2D eigenvalue weighted by Gasteiger charge is -2.08. The lowest BCUT2D eigenvalue weighted by molar-refractivity contribution is -0.385. The van der Waals surface area contributed by atoms with E-state index in [9.17, 15) is 19.7 Å². The molecule has 10 heteroatoms. The molecule has 0 saturated carbocycles. The van der Waals surface area contributed by atoms with Gasteiger partial charge < -0.3 is 9.72 Å². The highest BCUT2D eigenvalue weighted by molar-refractivity contribution is 9.10. The molecule has 1 aromatic heterocycles. The fourth-order valence-electron chi connectivity index (χ4n) is 2.48. The number of hydrogen-bond donors (Lipinski definition) is 1. The molecule has 0 aliphatic heterocycles. The van der Waals surface area contributed by atoms with Crippen molar-refractivity contribution < 1.29 is 9.66 Å². The Morgan fingerprint density at radius 1 is 1.36 bits per heavy atom. The number of nitro groups is 1. The van der Waals surface area contributed by atoms with E-state index in [4.69, 9.17) is 11.2 Å². The third-order valence-electron chi connectivity index (χ3n) is 3.66. The number of fused-ring (bicyclic) bond motifs is 1. The van der Waals surface area contributed by atoms with Crippen LogP contribution >= 0.6 is 15.9 Å². The van der Waals surface area contributed by atoms with Gasteiger partial charge in [0.1, 0.15) is 6.61 Å².